The number of aromatic amines is 1. The molecule has 0 spiro atoms. The highest BCUT2D eigenvalue weighted by atomic mass is 32.2. The van der Waals surface area contributed by atoms with E-state index in [2.05, 4.69) is 20.2 Å². The van der Waals surface area contributed by atoms with Gasteiger partial charge >= 0.3 is 0 Å². The third-order valence-electron chi connectivity index (χ3n) is 2.92. The first kappa shape index (κ1) is 16.1. The molecule has 0 aliphatic rings. The van der Waals surface area contributed by atoms with Crippen molar-refractivity contribution in [3.63, 3.8) is 0 Å². The van der Waals surface area contributed by atoms with Crippen molar-refractivity contribution in [2.24, 2.45) is 0 Å². The van der Waals surface area contributed by atoms with Crippen LogP contribution in [-0.4, -0.2) is 31.2 Å². The van der Waals surface area contributed by atoms with Crippen LogP contribution in [0.4, 0.5) is 0 Å². The Bertz CT molecular complexity index is 496. The quantitative estimate of drug-likeness (QED) is 0.673. The summed E-state index contributed by atoms with van der Waals surface area (Å²) in [5.41, 5.74) is 1.49. The van der Waals surface area contributed by atoms with Gasteiger partial charge in [-0.1, -0.05) is 20.3 Å². The molecule has 1 aromatic rings. The van der Waals surface area contributed by atoms with Crippen LogP contribution in [-0.2, 0) is 16.6 Å². The smallest absolute Gasteiger partial charge is 0.260 e. The summed E-state index contributed by atoms with van der Waals surface area (Å²) in [6, 6.07) is -0.0843. The van der Waals surface area contributed by atoms with Crippen LogP contribution in [0.3, 0.4) is 0 Å². The standard InChI is InChI=1S/C12H24N4O2S/c1-5-7-9(3)16-19(17,18)12-11(8-13-6-2)10(4)14-15-12/h9,13,16H,5-8H2,1-4H3,(H,14,15). The van der Waals surface area contributed by atoms with Crippen LogP contribution in [0.15, 0.2) is 5.03 Å². The molecule has 3 N–H and O–H groups in total. The van der Waals surface area contributed by atoms with Crippen molar-refractivity contribution in [3.8, 4) is 0 Å². The summed E-state index contributed by atoms with van der Waals surface area (Å²) in [6.45, 7) is 8.98. The number of aromatic nitrogens is 2. The minimum Gasteiger partial charge on any atom is -0.313 e. The van der Waals surface area contributed by atoms with E-state index in [4.69, 9.17) is 0 Å². The first-order valence-electron chi connectivity index (χ1n) is 6.69. The molecule has 1 aromatic heterocycles. The topological polar surface area (TPSA) is 86.9 Å². The molecule has 19 heavy (non-hydrogen) atoms. The Balaban J connectivity index is 2.94. The van der Waals surface area contributed by atoms with Gasteiger partial charge in [-0.2, -0.15) is 5.10 Å². The number of nitrogens with one attached hydrogen (secondary N) is 3. The first-order chi connectivity index (χ1) is 8.92. The average molecular weight is 288 g/mol. The van der Waals surface area contributed by atoms with Crippen molar-refractivity contribution in [2.75, 3.05) is 6.54 Å². The van der Waals surface area contributed by atoms with Gasteiger partial charge in [0.15, 0.2) is 5.03 Å². The van der Waals surface area contributed by atoms with Crippen molar-refractivity contribution < 1.29 is 8.42 Å². The Hall–Kier alpha value is -0.920. The molecule has 0 fully saturated rings. The van der Waals surface area contributed by atoms with E-state index in [0.717, 1.165) is 25.1 Å². The van der Waals surface area contributed by atoms with E-state index in [1.54, 1.807) is 0 Å². The molecule has 1 rings (SSSR count). The minimum atomic E-state index is -3.55. The van der Waals surface area contributed by atoms with Gasteiger partial charge in [0.2, 0.25) is 0 Å². The average Bonchev–Trinajstić information content (AvgIpc) is 2.68. The SMILES string of the molecule is CCCC(C)NS(=O)(=O)c1n[nH]c(C)c1CNCC. The molecule has 0 aliphatic carbocycles. The molecule has 0 radical (unpaired) electrons. The van der Waals surface area contributed by atoms with Crippen LogP contribution in [0, 0.1) is 6.92 Å². The fourth-order valence-corrected chi connectivity index (χ4v) is 3.40. The van der Waals surface area contributed by atoms with Gasteiger partial charge in [0, 0.05) is 23.8 Å². The summed E-state index contributed by atoms with van der Waals surface area (Å²) in [5.74, 6) is 0. The molecule has 0 aliphatic heterocycles. The molecule has 0 saturated heterocycles. The molecular weight excluding hydrogens is 264 g/mol. The lowest BCUT2D eigenvalue weighted by atomic mass is 10.2. The van der Waals surface area contributed by atoms with E-state index in [1.165, 1.54) is 0 Å². The van der Waals surface area contributed by atoms with Crippen LogP contribution < -0.4 is 10.0 Å². The van der Waals surface area contributed by atoms with Crippen molar-refractivity contribution in [1.29, 1.82) is 0 Å². The van der Waals surface area contributed by atoms with Gasteiger partial charge < -0.3 is 5.32 Å². The molecule has 0 amide bonds. The fraction of sp³-hybridized carbons (Fsp3) is 0.750. The van der Waals surface area contributed by atoms with Crippen LogP contribution in [0.1, 0.15) is 44.9 Å². The van der Waals surface area contributed by atoms with E-state index in [1.807, 2.05) is 27.7 Å². The van der Waals surface area contributed by atoms with Crippen molar-refractivity contribution in [1.82, 2.24) is 20.2 Å². The van der Waals surface area contributed by atoms with Crippen molar-refractivity contribution >= 4 is 10.0 Å². The molecule has 1 heterocycles. The highest BCUT2D eigenvalue weighted by molar-refractivity contribution is 7.89. The van der Waals surface area contributed by atoms with Crippen LogP contribution in [0.25, 0.3) is 0 Å². The number of hydrogen-bond acceptors (Lipinski definition) is 4. The number of nitrogens with zero attached hydrogens (tertiary/aromatic N) is 1. The second-order valence-electron chi connectivity index (χ2n) is 4.72. The molecule has 1 atom stereocenters. The molecule has 110 valence electrons. The molecule has 7 heteroatoms. The Morgan fingerprint density at radius 2 is 2.05 bits per heavy atom. The zero-order chi connectivity index (χ0) is 14.5. The summed E-state index contributed by atoms with van der Waals surface area (Å²) >= 11 is 0. The lowest BCUT2D eigenvalue weighted by molar-refractivity contribution is 0.539. The van der Waals surface area contributed by atoms with Crippen molar-refractivity contribution in [3.05, 3.63) is 11.3 Å². The lowest BCUT2D eigenvalue weighted by Crippen LogP contribution is -2.33. The van der Waals surface area contributed by atoms with Gasteiger partial charge in [0.25, 0.3) is 10.0 Å². The molecular formula is C12H24N4O2S. The van der Waals surface area contributed by atoms with Gasteiger partial charge in [0.1, 0.15) is 0 Å². The molecule has 0 saturated carbocycles. The number of rotatable bonds is 8. The second kappa shape index (κ2) is 7.02. The fourth-order valence-electron chi connectivity index (χ4n) is 1.92. The van der Waals surface area contributed by atoms with E-state index >= 15 is 0 Å². The number of sulfonamides is 1. The largest absolute Gasteiger partial charge is 0.313 e. The highest BCUT2D eigenvalue weighted by Crippen LogP contribution is 2.16. The Morgan fingerprint density at radius 1 is 1.37 bits per heavy atom. The first-order valence-corrected chi connectivity index (χ1v) is 8.17. The van der Waals surface area contributed by atoms with Gasteiger partial charge in [-0.3, -0.25) is 5.10 Å². The molecule has 6 nitrogen and oxygen atoms in total. The Morgan fingerprint density at radius 3 is 2.63 bits per heavy atom. The Kier molecular flexibility index (Phi) is 5.96. The van der Waals surface area contributed by atoms with Gasteiger partial charge in [-0.15, -0.1) is 0 Å². The summed E-state index contributed by atoms with van der Waals surface area (Å²) in [4.78, 5) is 0. The predicted molar refractivity (Wildman–Crippen MR) is 75.4 cm³/mol. The highest BCUT2D eigenvalue weighted by Gasteiger charge is 2.24. The minimum absolute atomic E-state index is 0.0843. The zero-order valence-electron chi connectivity index (χ0n) is 12.1. The van der Waals surface area contributed by atoms with Crippen LogP contribution in [0.5, 0.6) is 0 Å². The van der Waals surface area contributed by atoms with Gasteiger partial charge in [0.05, 0.1) is 0 Å². The molecule has 0 bridgehead atoms. The molecule has 1 unspecified atom stereocenters. The Labute approximate surface area is 115 Å². The van der Waals surface area contributed by atoms with Gasteiger partial charge in [-0.25, -0.2) is 13.1 Å². The third-order valence-corrected chi connectivity index (χ3v) is 4.48. The van der Waals surface area contributed by atoms with E-state index in [9.17, 15) is 8.42 Å². The van der Waals surface area contributed by atoms with Crippen LogP contribution in [0.2, 0.25) is 0 Å². The number of H-pyrrole nitrogens is 1. The molecule has 0 aromatic carbocycles. The summed E-state index contributed by atoms with van der Waals surface area (Å²) in [5, 5.41) is 9.92. The van der Waals surface area contributed by atoms with E-state index in [0.29, 0.717) is 12.1 Å². The van der Waals surface area contributed by atoms with Gasteiger partial charge in [-0.05, 0) is 26.8 Å². The van der Waals surface area contributed by atoms with Crippen LogP contribution >= 0.6 is 0 Å². The predicted octanol–water partition coefficient (Wildman–Crippen LogP) is 1.29. The maximum atomic E-state index is 12.3. The van der Waals surface area contributed by atoms with E-state index in [-0.39, 0.29) is 11.1 Å². The zero-order valence-corrected chi connectivity index (χ0v) is 12.9. The monoisotopic (exact) mass is 288 g/mol. The normalized spacial score (nSPS) is 13.7. The summed E-state index contributed by atoms with van der Waals surface area (Å²) < 4.78 is 27.3. The van der Waals surface area contributed by atoms with Crippen molar-refractivity contribution in [2.45, 2.75) is 58.1 Å². The maximum absolute atomic E-state index is 12.3. The maximum Gasteiger partial charge on any atom is 0.260 e. The number of hydrogen-bond donors (Lipinski definition) is 3. The summed E-state index contributed by atoms with van der Waals surface area (Å²) in [6.07, 6.45) is 1.75. The van der Waals surface area contributed by atoms with E-state index < -0.39 is 10.0 Å². The lowest BCUT2D eigenvalue weighted by Gasteiger charge is -2.13. The summed E-state index contributed by atoms with van der Waals surface area (Å²) in [7, 11) is -3.55. The third kappa shape index (κ3) is 4.29. The second-order valence-corrected chi connectivity index (χ2v) is 6.35. The number of aryl methyl sites for hydroxylation is 1.